The van der Waals surface area contributed by atoms with Crippen molar-refractivity contribution in [1.82, 2.24) is 29.5 Å². The molecule has 0 spiro atoms. The highest BCUT2D eigenvalue weighted by Crippen LogP contribution is 2.51. The van der Waals surface area contributed by atoms with Gasteiger partial charge in [0, 0.05) is 63.3 Å². The Morgan fingerprint density at radius 1 is 0.282 bits per heavy atom. The predicted octanol–water partition coefficient (Wildman–Crippen LogP) is 25.5. The molecular formula is C105H70N8O4. The van der Waals surface area contributed by atoms with E-state index in [-0.39, 0.29) is 0 Å². The first-order valence-corrected chi connectivity index (χ1v) is 39.5. The van der Waals surface area contributed by atoms with Crippen LogP contribution in [0.15, 0.2) is 301 Å². The number of hydrogen-bond donors (Lipinski definition) is 0. The lowest BCUT2D eigenvalue weighted by molar-refractivity contribution is 0.400. The van der Waals surface area contributed by atoms with Gasteiger partial charge in [-0.15, -0.1) is 0 Å². The van der Waals surface area contributed by atoms with Crippen LogP contribution in [0.25, 0.3) is 197 Å². The number of imidazole rings is 1. The van der Waals surface area contributed by atoms with Crippen LogP contribution in [0.1, 0.15) is 28.1 Å². The lowest BCUT2D eigenvalue weighted by atomic mass is 9.88. The summed E-state index contributed by atoms with van der Waals surface area (Å²) < 4.78 is 25.6. The zero-order chi connectivity index (χ0) is 78.0. The molecule has 12 nitrogen and oxygen atoms in total. The van der Waals surface area contributed by atoms with Crippen molar-refractivity contribution < 1.29 is 18.9 Å². The SMILES string of the molecule is COc1ccc(C2=Nc3c(c4cc(-c5ccc6c7ccc(-c8ccc9c%10ccc(-c%11ccccc%11)cc%10c%10nc(-c%11ccc(OC)cc%11)n(C)c%10c9c8)cc7c7nc8nc(C)nc(OC)c8nc7c6c5)ccc4c4ccc(-c5ccc6c(c5)c5c(c7cc(-c8ccccc8)ccc76)CC(c6c(OC)ccc7ccccc67)=N5)cc34)C2)cc1. The molecule has 23 rings (SSSR count). The van der Waals surface area contributed by atoms with Gasteiger partial charge in [-0.05, 0) is 247 Å². The van der Waals surface area contributed by atoms with Crippen molar-refractivity contribution in [2.24, 2.45) is 17.0 Å². The van der Waals surface area contributed by atoms with Gasteiger partial charge in [-0.3, -0.25) is 9.98 Å². The van der Waals surface area contributed by atoms with Crippen molar-refractivity contribution in [3.63, 3.8) is 0 Å². The highest BCUT2D eigenvalue weighted by Gasteiger charge is 2.30. The zero-order valence-corrected chi connectivity index (χ0v) is 64.8. The summed E-state index contributed by atoms with van der Waals surface area (Å²) in [5.41, 5.74) is 24.9. The monoisotopic (exact) mass is 1510 g/mol. The van der Waals surface area contributed by atoms with E-state index >= 15 is 0 Å². The first-order chi connectivity index (χ1) is 57.6. The van der Waals surface area contributed by atoms with Gasteiger partial charge in [0.05, 0.1) is 73.3 Å². The molecule has 5 heterocycles. The van der Waals surface area contributed by atoms with Crippen LogP contribution < -0.4 is 18.9 Å². The van der Waals surface area contributed by atoms with E-state index in [1.54, 1.807) is 28.4 Å². The third kappa shape index (κ3) is 10.6. The van der Waals surface area contributed by atoms with Gasteiger partial charge in [-0.25, -0.2) is 19.9 Å². The van der Waals surface area contributed by atoms with Gasteiger partial charge >= 0.3 is 0 Å². The van der Waals surface area contributed by atoms with Gasteiger partial charge in [0.15, 0.2) is 11.2 Å². The topological polar surface area (TPSA) is 131 Å². The van der Waals surface area contributed by atoms with E-state index in [0.29, 0.717) is 35.7 Å². The number of aromatic nitrogens is 6. The fourth-order valence-corrected chi connectivity index (χ4v) is 18.8. The minimum absolute atomic E-state index is 0.371. The highest BCUT2D eigenvalue weighted by molar-refractivity contribution is 6.29. The minimum atomic E-state index is 0.371. The third-order valence-electron chi connectivity index (χ3n) is 24.5. The summed E-state index contributed by atoms with van der Waals surface area (Å²) in [5, 5.41) is 19.9. The Morgan fingerprint density at radius 2 is 0.692 bits per heavy atom. The molecule has 21 aromatic rings. The molecule has 0 unspecified atom stereocenters. The Balaban J connectivity index is 0.672. The van der Waals surface area contributed by atoms with E-state index < -0.39 is 0 Å². The zero-order valence-electron chi connectivity index (χ0n) is 64.8. The van der Waals surface area contributed by atoms with E-state index in [4.69, 9.17) is 53.9 Å². The second kappa shape index (κ2) is 26.3. The number of aliphatic imine (C=N–C) groups is 2. The predicted molar refractivity (Wildman–Crippen MR) is 481 cm³/mol. The number of hydrogen-bond acceptors (Lipinski definition) is 11. The molecule has 0 saturated carbocycles. The van der Waals surface area contributed by atoms with E-state index in [1.807, 2.05) is 31.2 Å². The molecule has 0 saturated heterocycles. The fraction of sp³-hybridized carbons (Fsp3) is 0.0762. The van der Waals surface area contributed by atoms with Crippen molar-refractivity contribution in [3.8, 4) is 90.2 Å². The molecule has 117 heavy (non-hydrogen) atoms. The van der Waals surface area contributed by atoms with Crippen LogP contribution in [-0.2, 0) is 19.9 Å². The van der Waals surface area contributed by atoms with E-state index in [2.05, 4.69) is 279 Å². The molecule has 0 amide bonds. The van der Waals surface area contributed by atoms with Crippen LogP contribution in [0, 0.1) is 6.92 Å². The number of rotatable bonds is 12. The van der Waals surface area contributed by atoms with Crippen LogP contribution in [0.3, 0.4) is 0 Å². The van der Waals surface area contributed by atoms with E-state index in [0.717, 1.165) is 215 Å². The Hall–Kier alpha value is -15.0. The fourth-order valence-electron chi connectivity index (χ4n) is 18.8. The third-order valence-corrected chi connectivity index (χ3v) is 24.5. The van der Waals surface area contributed by atoms with Crippen molar-refractivity contribution in [3.05, 3.63) is 319 Å². The summed E-state index contributed by atoms with van der Waals surface area (Å²) in [5.74, 6) is 4.18. The highest BCUT2D eigenvalue weighted by atomic mass is 16.5. The summed E-state index contributed by atoms with van der Waals surface area (Å²) in [6.07, 6.45) is 1.29. The molecule has 2 aliphatic rings. The Kier molecular flexibility index (Phi) is 15.2. The standard InChI is InChI=1S/C105H70N8O4/c1-57-106-103-101(105(107-57)117-6)110-98-86-52-68(30-43-78(86)79-44-31-69(53-87(79)99(98)111-103)70-32-45-81-80-40-26-64(59-17-11-8-12-18-59)49-88(80)100-102(91(81)54-70)113(2)104(112-100)62-23-36-72(115-4)37-24-62)65-27-39-75-76-41-28-66(50-84(76)96-89(83(75)48-65)55-92(108-96)61-21-34-71(114-3)35-22-61)67-29-42-77-74-38-25-63(58-15-9-7-10-16-58)47-82(74)90-56-93(109-97(90)85(77)51-67)95-73-20-14-13-19-60(73)33-46-94(95)116-5/h7-54H,55-56H2,1-6H3. The molecule has 0 aliphatic carbocycles. The second-order valence-electron chi connectivity index (χ2n) is 30.8. The lowest BCUT2D eigenvalue weighted by Crippen LogP contribution is -2.05. The van der Waals surface area contributed by atoms with Crippen LogP contribution in [0.4, 0.5) is 11.4 Å². The summed E-state index contributed by atoms with van der Waals surface area (Å²) >= 11 is 0. The maximum Gasteiger partial charge on any atom is 0.245 e. The normalized spacial score (nSPS) is 12.7. The van der Waals surface area contributed by atoms with Crippen LogP contribution >= 0.6 is 0 Å². The van der Waals surface area contributed by atoms with Gasteiger partial charge in [0.2, 0.25) is 5.88 Å². The number of benzene rings is 18. The first kappa shape index (κ1) is 67.7. The molecule has 554 valence electrons. The molecule has 2 aliphatic heterocycles. The summed E-state index contributed by atoms with van der Waals surface area (Å²) in [6, 6.07) is 105. The second-order valence-corrected chi connectivity index (χ2v) is 30.8. The van der Waals surface area contributed by atoms with E-state index in [1.165, 1.54) is 33.0 Å². The molecule has 0 atom stereocenters. The number of nitrogens with zero attached hydrogens (tertiary/aromatic N) is 8. The maximum atomic E-state index is 6.16. The average Bonchev–Trinajstić information content (AvgIpc) is 1.72. The van der Waals surface area contributed by atoms with E-state index in [9.17, 15) is 0 Å². The Bertz CT molecular complexity index is 7990. The number of aryl methyl sites for hydroxylation is 2. The largest absolute Gasteiger partial charge is 0.497 e. The van der Waals surface area contributed by atoms with Crippen molar-refractivity contribution in [2.45, 2.75) is 19.8 Å². The number of methoxy groups -OCH3 is 4. The van der Waals surface area contributed by atoms with Crippen molar-refractivity contribution >= 4 is 153 Å². The quantitative estimate of drug-likeness (QED) is 0.0866. The molecule has 18 aromatic carbocycles. The average molecular weight is 1510 g/mol. The van der Waals surface area contributed by atoms with Gasteiger partial charge in [0.25, 0.3) is 0 Å². The van der Waals surface area contributed by atoms with Crippen LogP contribution in [0.5, 0.6) is 23.1 Å². The first-order valence-electron chi connectivity index (χ1n) is 39.5. The van der Waals surface area contributed by atoms with Gasteiger partial charge in [0.1, 0.15) is 28.9 Å². The van der Waals surface area contributed by atoms with Gasteiger partial charge < -0.3 is 23.5 Å². The molecule has 0 radical (unpaired) electrons. The molecule has 0 fully saturated rings. The Labute approximate surface area is 671 Å². The summed E-state index contributed by atoms with van der Waals surface area (Å²) in [6.45, 7) is 1.86. The van der Waals surface area contributed by atoms with Gasteiger partial charge in [-0.2, -0.15) is 4.98 Å². The van der Waals surface area contributed by atoms with Crippen LogP contribution in [-0.4, -0.2) is 69.3 Å². The molecule has 0 N–H and O–H groups in total. The number of fused-ring (bicyclic) bond motifs is 26. The molecule has 3 aromatic heterocycles. The number of ether oxygens (including phenoxy) is 4. The Morgan fingerprint density at radius 3 is 1.21 bits per heavy atom. The van der Waals surface area contributed by atoms with Gasteiger partial charge in [-0.1, -0.05) is 188 Å². The summed E-state index contributed by atoms with van der Waals surface area (Å²) in [7, 11) is 8.91. The van der Waals surface area contributed by atoms with Crippen LogP contribution in [0.2, 0.25) is 0 Å². The molecule has 12 heteroatoms. The maximum absolute atomic E-state index is 6.16. The molecule has 0 bridgehead atoms. The summed E-state index contributed by atoms with van der Waals surface area (Å²) in [4.78, 5) is 37.5. The minimum Gasteiger partial charge on any atom is -0.497 e. The lowest BCUT2D eigenvalue weighted by Gasteiger charge is -2.16. The smallest absolute Gasteiger partial charge is 0.245 e. The molecular weight excluding hydrogens is 1440 g/mol. The van der Waals surface area contributed by atoms with Crippen molar-refractivity contribution in [1.29, 1.82) is 0 Å². The van der Waals surface area contributed by atoms with Crippen molar-refractivity contribution in [2.75, 3.05) is 28.4 Å².